The van der Waals surface area contributed by atoms with Crippen LogP contribution in [0.25, 0.3) is 60.6 Å². The molecule has 0 saturated carbocycles. The summed E-state index contributed by atoms with van der Waals surface area (Å²) in [5, 5.41) is 5.17. The van der Waals surface area contributed by atoms with Crippen molar-refractivity contribution >= 4 is 71.9 Å². The van der Waals surface area contributed by atoms with Crippen LogP contribution in [0.1, 0.15) is 18.4 Å². The lowest BCUT2D eigenvalue weighted by Crippen LogP contribution is -2.09. The van der Waals surface area contributed by atoms with Crippen LogP contribution in [0.2, 0.25) is 0 Å². The molecule has 3 heteroatoms. The lowest BCUT2D eigenvalue weighted by atomic mass is 9.96. The van der Waals surface area contributed by atoms with Crippen molar-refractivity contribution in [2.45, 2.75) is 12.8 Å². The van der Waals surface area contributed by atoms with E-state index < -0.39 is 0 Å². The van der Waals surface area contributed by atoms with Gasteiger partial charge in [-0.2, -0.15) is 0 Å². The van der Waals surface area contributed by atoms with Crippen LogP contribution in [-0.4, -0.2) is 9.13 Å². The number of nitrogens with zero attached hydrogens (tertiary/aromatic N) is 3. The Balaban J connectivity index is 1.15. The molecule has 242 valence electrons. The molecule has 2 aromatic heterocycles. The Morgan fingerprint density at radius 1 is 0.373 bits per heavy atom. The molecule has 10 rings (SSSR count). The molecule has 0 unspecified atom stereocenters. The number of allylic oxidation sites excluding steroid dienone is 4. The Kier molecular flexibility index (Phi) is 6.95. The number of hydrogen-bond acceptors (Lipinski definition) is 1. The normalized spacial score (nSPS) is 13.2. The summed E-state index contributed by atoms with van der Waals surface area (Å²) in [7, 11) is 0. The highest BCUT2D eigenvalue weighted by Gasteiger charge is 2.22. The molecule has 3 nitrogen and oxygen atoms in total. The van der Waals surface area contributed by atoms with Gasteiger partial charge in [-0.15, -0.1) is 0 Å². The fourth-order valence-electron chi connectivity index (χ4n) is 8.16. The number of aromatic nitrogens is 2. The number of rotatable bonds is 6. The minimum absolute atomic E-state index is 0.990. The second-order valence-corrected chi connectivity index (χ2v) is 13.3. The van der Waals surface area contributed by atoms with Crippen molar-refractivity contribution in [3.8, 4) is 5.69 Å². The standard InChI is InChI=1S/C48H35N3/c1-4-14-34(15-5-1)35-24-26-39(27-25-35)50-43-22-12-10-20-41(43)47-45(50)32-33-46-48(47)42-21-11-13-23-44(42)51(46)40-30-28-38(29-31-40)49(36-16-6-2-7-17-36)37-18-8-3-9-19-37/h1-24,26,28-33H,25,27H2. The summed E-state index contributed by atoms with van der Waals surface area (Å²) in [5.41, 5.74) is 13.5. The smallest absolute Gasteiger partial charge is 0.0548 e. The van der Waals surface area contributed by atoms with Crippen molar-refractivity contribution < 1.29 is 0 Å². The molecule has 2 heterocycles. The average molecular weight is 654 g/mol. The summed E-state index contributed by atoms with van der Waals surface area (Å²) >= 11 is 0. The number of hydrogen-bond donors (Lipinski definition) is 0. The molecule has 0 N–H and O–H groups in total. The molecule has 0 fully saturated rings. The Bertz CT molecular complexity index is 2730. The topological polar surface area (TPSA) is 13.1 Å². The quantitative estimate of drug-likeness (QED) is 0.174. The lowest BCUT2D eigenvalue weighted by molar-refractivity contribution is 0.992. The van der Waals surface area contributed by atoms with Gasteiger partial charge < -0.3 is 14.0 Å². The lowest BCUT2D eigenvalue weighted by Gasteiger charge is -2.25. The van der Waals surface area contributed by atoms with Crippen LogP contribution in [0.5, 0.6) is 0 Å². The predicted molar refractivity (Wildman–Crippen MR) is 216 cm³/mol. The Morgan fingerprint density at radius 3 is 1.43 bits per heavy atom. The molecule has 0 saturated heterocycles. The van der Waals surface area contributed by atoms with Gasteiger partial charge in [0.2, 0.25) is 0 Å². The fourth-order valence-corrected chi connectivity index (χ4v) is 8.16. The monoisotopic (exact) mass is 653 g/mol. The molecule has 9 aromatic rings. The van der Waals surface area contributed by atoms with Gasteiger partial charge in [0, 0.05) is 50.0 Å². The van der Waals surface area contributed by atoms with Crippen LogP contribution in [0.4, 0.5) is 17.1 Å². The SMILES string of the molecule is C1=C(c2ccccc2)CCC(n2c3ccccc3c3c4c5ccccc5n(-c5ccc(N(c6ccccc6)c6ccccc6)cc5)c4ccc32)=C1. The first-order valence-electron chi connectivity index (χ1n) is 17.7. The molecule has 0 radical (unpaired) electrons. The molecule has 51 heavy (non-hydrogen) atoms. The number of benzene rings is 7. The van der Waals surface area contributed by atoms with E-state index in [0.29, 0.717) is 0 Å². The molecule has 1 aliphatic carbocycles. The first-order valence-corrected chi connectivity index (χ1v) is 17.7. The van der Waals surface area contributed by atoms with E-state index in [2.05, 4.69) is 202 Å². The molecule has 0 aliphatic heterocycles. The van der Waals surface area contributed by atoms with Crippen molar-refractivity contribution in [1.29, 1.82) is 0 Å². The van der Waals surface area contributed by atoms with Gasteiger partial charge in [-0.3, -0.25) is 0 Å². The minimum Gasteiger partial charge on any atom is -0.313 e. The van der Waals surface area contributed by atoms with Crippen molar-refractivity contribution in [2.75, 3.05) is 4.90 Å². The molecular weight excluding hydrogens is 619 g/mol. The van der Waals surface area contributed by atoms with Gasteiger partial charge in [0.25, 0.3) is 0 Å². The van der Waals surface area contributed by atoms with Gasteiger partial charge in [-0.1, -0.05) is 109 Å². The summed E-state index contributed by atoms with van der Waals surface area (Å²) in [6.45, 7) is 0. The summed E-state index contributed by atoms with van der Waals surface area (Å²) in [6.07, 6.45) is 6.66. The van der Waals surface area contributed by atoms with E-state index in [1.165, 1.54) is 60.4 Å². The third-order valence-corrected chi connectivity index (χ3v) is 10.4. The van der Waals surface area contributed by atoms with Crippen LogP contribution >= 0.6 is 0 Å². The van der Waals surface area contributed by atoms with Gasteiger partial charge in [-0.25, -0.2) is 0 Å². The molecule has 0 atom stereocenters. The number of anilines is 3. The Hall–Kier alpha value is -6.58. The summed E-state index contributed by atoms with van der Waals surface area (Å²) < 4.78 is 4.94. The Morgan fingerprint density at radius 2 is 0.863 bits per heavy atom. The highest BCUT2D eigenvalue weighted by molar-refractivity contribution is 6.29. The third kappa shape index (κ3) is 4.81. The van der Waals surface area contributed by atoms with Crippen LogP contribution in [0.3, 0.4) is 0 Å². The predicted octanol–water partition coefficient (Wildman–Crippen LogP) is 13.1. The van der Waals surface area contributed by atoms with Gasteiger partial charge in [0.1, 0.15) is 0 Å². The molecule has 1 aliphatic rings. The van der Waals surface area contributed by atoms with Crippen molar-refractivity contribution in [1.82, 2.24) is 9.13 Å². The zero-order valence-electron chi connectivity index (χ0n) is 28.2. The van der Waals surface area contributed by atoms with Crippen LogP contribution < -0.4 is 4.90 Å². The van der Waals surface area contributed by atoms with Crippen molar-refractivity contribution in [2.24, 2.45) is 0 Å². The zero-order valence-corrected chi connectivity index (χ0v) is 28.2. The number of para-hydroxylation sites is 4. The molecule has 0 amide bonds. The molecular formula is C48H35N3. The summed E-state index contributed by atoms with van der Waals surface area (Å²) in [6, 6.07) is 63.4. The first-order chi connectivity index (χ1) is 25.3. The van der Waals surface area contributed by atoms with Crippen LogP contribution in [-0.2, 0) is 0 Å². The maximum Gasteiger partial charge on any atom is 0.0548 e. The van der Waals surface area contributed by atoms with Gasteiger partial charge in [0.05, 0.1) is 22.1 Å². The third-order valence-electron chi connectivity index (χ3n) is 10.4. The van der Waals surface area contributed by atoms with E-state index in [0.717, 1.165) is 35.6 Å². The second-order valence-electron chi connectivity index (χ2n) is 13.3. The van der Waals surface area contributed by atoms with E-state index in [1.807, 2.05) is 0 Å². The van der Waals surface area contributed by atoms with E-state index in [9.17, 15) is 0 Å². The van der Waals surface area contributed by atoms with E-state index in [1.54, 1.807) is 0 Å². The van der Waals surface area contributed by atoms with Crippen molar-refractivity contribution in [3.63, 3.8) is 0 Å². The van der Waals surface area contributed by atoms with E-state index >= 15 is 0 Å². The maximum absolute atomic E-state index is 2.50. The molecule has 0 bridgehead atoms. The second kappa shape index (κ2) is 12.1. The van der Waals surface area contributed by atoms with Gasteiger partial charge in [0.15, 0.2) is 0 Å². The average Bonchev–Trinajstić information content (AvgIpc) is 3.72. The summed E-state index contributed by atoms with van der Waals surface area (Å²) in [5.74, 6) is 0. The maximum atomic E-state index is 2.50. The molecule has 0 spiro atoms. The van der Waals surface area contributed by atoms with Gasteiger partial charge >= 0.3 is 0 Å². The minimum atomic E-state index is 0.990. The van der Waals surface area contributed by atoms with Crippen LogP contribution in [0, 0.1) is 0 Å². The van der Waals surface area contributed by atoms with E-state index in [-0.39, 0.29) is 0 Å². The molecule has 7 aromatic carbocycles. The zero-order chi connectivity index (χ0) is 33.7. The first kappa shape index (κ1) is 29.3. The van der Waals surface area contributed by atoms with Gasteiger partial charge in [-0.05, 0) is 103 Å². The highest BCUT2D eigenvalue weighted by atomic mass is 15.1. The summed E-state index contributed by atoms with van der Waals surface area (Å²) in [4.78, 5) is 2.31. The van der Waals surface area contributed by atoms with Crippen LogP contribution in [0.15, 0.2) is 188 Å². The van der Waals surface area contributed by atoms with Crippen molar-refractivity contribution in [3.05, 3.63) is 194 Å². The largest absolute Gasteiger partial charge is 0.313 e. The number of fused-ring (bicyclic) bond motifs is 7. The fraction of sp³-hybridized carbons (Fsp3) is 0.0417. The highest BCUT2D eigenvalue weighted by Crippen LogP contribution is 2.44. The van der Waals surface area contributed by atoms with E-state index in [4.69, 9.17) is 0 Å². The Labute approximate surface area is 297 Å².